The summed E-state index contributed by atoms with van der Waals surface area (Å²) in [6.07, 6.45) is 1.74. The molecule has 1 aliphatic rings. The third-order valence-corrected chi connectivity index (χ3v) is 6.59. The lowest BCUT2D eigenvalue weighted by Gasteiger charge is -2.26. The zero-order valence-electron chi connectivity index (χ0n) is 20.9. The van der Waals surface area contributed by atoms with Crippen molar-refractivity contribution in [1.29, 1.82) is 0 Å². The first kappa shape index (κ1) is 24.3. The van der Waals surface area contributed by atoms with Crippen molar-refractivity contribution >= 4 is 16.7 Å². The number of fused-ring (bicyclic) bond motifs is 1. The predicted molar refractivity (Wildman–Crippen MR) is 142 cm³/mol. The van der Waals surface area contributed by atoms with Crippen LogP contribution in [0.25, 0.3) is 11.0 Å². The molecular formula is C29H34N4O3. The molecule has 0 aliphatic carbocycles. The van der Waals surface area contributed by atoms with Crippen molar-refractivity contribution in [1.82, 2.24) is 14.9 Å². The first-order valence-electron chi connectivity index (χ1n) is 12.5. The van der Waals surface area contributed by atoms with E-state index >= 15 is 0 Å². The highest BCUT2D eigenvalue weighted by Gasteiger charge is 2.12. The topological polar surface area (TPSA) is 62.8 Å². The fourth-order valence-electron chi connectivity index (χ4n) is 4.54. The third kappa shape index (κ3) is 6.43. The lowest BCUT2D eigenvalue weighted by atomic mass is 10.1. The number of morpholine rings is 1. The maximum Gasteiger partial charge on any atom is 0.119 e. The summed E-state index contributed by atoms with van der Waals surface area (Å²) in [4.78, 5) is 12.3. The van der Waals surface area contributed by atoms with Gasteiger partial charge in [-0.2, -0.15) is 0 Å². The molecule has 1 N–H and O–H groups in total. The quantitative estimate of drug-likeness (QED) is 0.312. The van der Waals surface area contributed by atoms with Crippen LogP contribution in [0.1, 0.15) is 16.7 Å². The molecule has 2 heterocycles. The van der Waals surface area contributed by atoms with Gasteiger partial charge in [0.1, 0.15) is 5.75 Å². The summed E-state index contributed by atoms with van der Waals surface area (Å²) < 4.78 is 16.8. The Hall–Kier alpha value is -3.39. The van der Waals surface area contributed by atoms with Crippen LogP contribution in [-0.4, -0.2) is 61.4 Å². The van der Waals surface area contributed by atoms with Crippen molar-refractivity contribution in [2.45, 2.75) is 19.7 Å². The summed E-state index contributed by atoms with van der Waals surface area (Å²) in [5, 5.41) is 0. The Morgan fingerprint density at radius 3 is 2.53 bits per heavy atom. The van der Waals surface area contributed by atoms with E-state index in [1.54, 1.807) is 13.4 Å². The van der Waals surface area contributed by atoms with Crippen molar-refractivity contribution in [3.05, 3.63) is 89.7 Å². The zero-order chi connectivity index (χ0) is 24.6. The van der Waals surface area contributed by atoms with Crippen LogP contribution >= 0.6 is 0 Å². The normalized spacial score (nSPS) is 14.2. The molecule has 4 aromatic rings. The number of hydrogen-bond acceptors (Lipinski definition) is 6. The summed E-state index contributed by atoms with van der Waals surface area (Å²) in [6, 6.07) is 23.4. The molecule has 5 rings (SSSR count). The van der Waals surface area contributed by atoms with Gasteiger partial charge in [-0.1, -0.05) is 30.3 Å². The van der Waals surface area contributed by atoms with Crippen LogP contribution in [-0.2, 0) is 29.2 Å². The molecule has 0 spiro atoms. The molecule has 0 bridgehead atoms. The van der Waals surface area contributed by atoms with Crippen molar-refractivity contribution in [3.63, 3.8) is 0 Å². The average Bonchev–Trinajstić information content (AvgIpc) is 3.40. The first-order chi connectivity index (χ1) is 17.8. The number of anilines is 1. The number of aromatic amines is 1. The van der Waals surface area contributed by atoms with E-state index in [0.29, 0.717) is 6.61 Å². The van der Waals surface area contributed by atoms with E-state index in [9.17, 15) is 0 Å². The second-order valence-corrected chi connectivity index (χ2v) is 9.13. The van der Waals surface area contributed by atoms with E-state index in [4.69, 9.17) is 14.2 Å². The molecule has 7 nitrogen and oxygen atoms in total. The molecule has 36 heavy (non-hydrogen) atoms. The molecule has 3 aromatic carbocycles. The summed E-state index contributed by atoms with van der Waals surface area (Å²) in [5.74, 6) is 0.871. The van der Waals surface area contributed by atoms with E-state index in [-0.39, 0.29) is 0 Å². The number of imidazole rings is 1. The average molecular weight is 487 g/mol. The maximum absolute atomic E-state index is 5.95. The second-order valence-electron chi connectivity index (χ2n) is 9.13. The standard InChI is InChI=1S/C29H34N4O3/c1-34-27-4-2-3-24(17-27)19-33(20-25-7-10-28-29(18-25)31-22-30-28)26-8-5-23(6-9-26)21-36-16-13-32-11-14-35-15-12-32/h2-10,17-18,22H,11-16,19-21H2,1H3,(H,30,31). The molecule has 188 valence electrons. The van der Waals surface area contributed by atoms with Gasteiger partial charge < -0.3 is 24.1 Å². The molecule has 1 fully saturated rings. The number of rotatable bonds is 11. The van der Waals surface area contributed by atoms with Crippen LogP contribution in [0, 0.1) is 0 Å². The molecule has 1 aromatic heterocycles. The Balaban J connectivity index is 1.26. The highest BCUT2D eigenvalue weighted by molar-refractivity contribution is 5.75. The van der Waals surface area contributed by atoms with Crippen LogP contribution in [0.4, 0.5) is 5.69 Å². The minimum Gasteiger partial charge on any atom is -0.497 e. The third-order valence-electron chi connectivity index (χ3n) is 6.59. The van der Waals surface area contributed by atoms with Gasteiger partial charge in [-0.3, -0.25) is 4.90 Å². The number of hydrogen-bond donors (Lipinski definition) is 1. The number of aromatic nitrogens is 2. The second kappa shape index (κ2) is 12.0. The van der Waals surface area contributed by atoms with E-state index < -0.39 is 0 Å². The van der Waals surface area contributed by atoms with E-state index in [2.05, 4.69) is 74.4 Å². The van der Waals surface area contributed by atoms with Gasteiger partial charge in [-0.05, 0) is 53.1 Å². The van der Waals surface area contributed by atoms with Gasteiger partial charge in [0.2, 0.25) is 0 Å². The van der Waals surface area contributed by atoms with Gasteiger partial charge in [0.25, 0.3) is 0 Å². The van der Waals surface area contributed by atoms with Gasteiger partial charge in [0, 0.05) is 38.4 Å². The number of methoxy groups -OCH3 is 1. The highest BCUT2D eigenvalue weighted by Crippen LogP contribution is 2.24. The highest BCUT2D eigenvalue weighted by atomic mass is 16.5. The summed E-state index contributed by atoms with van der Waals surface area (Å²) in [7, 11) is 1.71. The van der Waals surface area contributed by atoms with E-state index in [1.165, 1.54) is 22.4 Å². The van der Waals surface area contributed by atoms with Crippen LogP contribution in [0.3, 0.4) is 0 Å². The maximum atomic E-state index is 5.95. The zero-order valence-corrected chi connectivity index (χ0v) is 20.9. The molecule has 0 radical (unpaired) electrons. The predicted octanol–water partition coefficient (Wildman–Crippen LogP) is 4.63. The van der Waals surface area contributed by atoms with Gasteiger partial charge in [0.05, 0.1) is 50.9 Å². The van der Waals surface area contributed by atoms with E-state index in [1.807, 2.05) is 12.1 Å². The minimum absolute atomic E-state index is 0.622. The molecule has 0 amide bonds. The van der Waals surface area contributed by atoms with Crippen LogP contribution < -0.4 is 9.64 Å². The molecule has 7 heteroatoms. The molecule has 0 saturated carbocycles. The Bertz CT molecular complexity index is 1230. The Kier molecular flexibility index (Phi) is 8.13. The number of nitrogens with zero attached hydrogens (tertiary/aromatic N) is 3. The number of ether oxygens (including phenoxy) is 3. The molecular weight excluding hydrogens is 452 g/mol. The van der Waals surface area contributed by atoms with Gasteiger partial charge in [0.15, 0.2) is 0 Å². The van der Waals surface area contributed by atoms with Crippen molar-refractivity contribution < 1.29 is 14.2 Å². The van der Waals surface area contributed by atoms with E-state index in [0.717, 1.165) is 69.3 Å². The van der Waals surface area contributed by atoms with Crippen LogP contribution in [0.2, 0.25) is 0 Å². The molecule has 0 unspecified atom stereocenters. The number of benzene rings is 3. The fourth-order valence-corrected chi connectivity index (χ4v) is 4.54. The smallest absolute Gasteiger partial charge is 0.119 e. The largest absolute Gasteiger partial charge is 0.497 e. The van der Waals surface area contributed by atoms with Gasteiger partial charge in [-0.15, -0.1) is 0 Å². The van der Waals surface area contributed by atoms with Crippen molar-refractivity contribution in [2.75, 3.05) is 51.5 Å². The van der Waals surface area contributed by atoms with Crippen molar-refractivity contribution in [3.8, 4) is 5.75 Å². The van der Waals surface area contributed by atoms with Crippen LogP contribution in [0.15, 0.2) is 73.1 Å². The fraction of sp³-hybridized carbons (Fsp3) is 0.345. The SMILES string of the molecule is COc1cccc(CN(Cc2ccc3nc[nH]c3c2)c2ccc(COCCN3CCOCC3)cc2)c1. The Labute approximate surface area is 212 Å². The molecule has 0 atom stereocenters. The first-order valence-corrected chi connectivity index (χ1v) is 12.5. The lowest BCUT2D eigenvalue weighted by Crippen LogP contribution is -2.38. The number of H-pyrrole nitrogens is 1. The molecule has 1 saturated heterocycles. The Morgan fingerprint density at radius 2 is 1.72 bits per heavy atom. The lowest BCUT2D eigenvalue weighted by molar-refractivity contribution is 0.0180. The summed E-state index contributed by atoms with van der Waals surface area (Å²) in [6.45, 7) is 7.50. The summed E-state index contributed by atoms with van der Waals surface area (Å²) in [5.41, 5.74) is 6.81. The Morgan fingerprint density at radius 1 is 0.944 bits per heavy atom. The monoisotopic (exact) mass is 486 g/mol. The minimum atomic E-state index is 0.622. The number of nitrogens with one attached hydrogen (secondary N) is 1. The van der Waals surface area contributed by atoms with Crippen LogP contribution in [0.5, 0.6) is 5.75 Å². The van der Waals surface area contributed by atoms with Gasteiger partial charge >= 0.3 is 0 Å². The van der Waals surface area contributed by atoms with Gasteiger partial charge in [-0.25, -0.2) is 4.98 Å². The molecule has 1 aliphatic heterocycles. The van der Waals surface area contributed by atoms with Crippen molar-refractivity contribution in [2.24, 2.45) is 0 Å². The summed E-state index contributed by atoms with van der Waals surface area (Å²) >= 11 is 0.